The van der Waals surface area contributed by atoms with Crippen molar-refractivity contribution in [3.63, 3.8) is 0 Å². The highest BCUT2D eigenvalue weighted by atomic mass is 16.5. The summed E-state index contributed by atoms with van der Waals surface area (Å²) in [6.45, 7) is 0.804. The van der Waals surface area contributed by atoms with Gasteiger partial charge in [0.15, 0.2) is 0 Å². The van der Waals surface area contributed by atoms with E-state index in [1.165, 1.54) is 0 Å². The number of hydrogen-bond acceptors (Lipinski definition) is 4. The highest BCUT2D eigenvalue weighted by Gasteiger charge is 2.30. The number of hydrogen-bond donors (Lipinski definition) is 0. The molecule has 2 aromatic heterocycles. The third-order valence-corrected chi connectivity index (χ3v) is 5.53. The smallest absolute Gasteiger partial charge is 0.223 e. The van der Waals surface area contributed by atoms with E-state index in [0.29, 0.717) is 6.42 Å². The lowest BCUT2D eigenvalue weighted by Gasteiger charge is -2.24. The number of likely N-dealkylation sites (tertiary alicyclic amines) is 1. The molecule has 1 aliphatic heterocycles. The van der Waals surface area contributed by atoms with Crippen molar-refractivity contribution in [2.24, 2.45) is 7.05 Å². The van der Waals surface area contributed by atoms with Gasteiger partial charge in [-0.2, -0.15) is 5.10 Å². The summed E-state index contributed by atoms with van der Waals surface area (Å²) in [4.78, 5) is 19.5. The van der Waals surface area contributed by atoms with Gasteiger partial charge in [-0.3, -0.25) is 14.5 Å². The molecule has 1 saturated heterocycles. The van der Waals surface area contributed by atoms with Crippen LogP contribution >= 0.6 is 0 Å². The third kappa shape index (κ3) is 4.31. The van der Waals surface area contributed by atoms with Crippen molar-refractivity contribution in [1.82, 2.24) is 19.7 Å². The second kappa shape index (κ2) is 8.47. The van der Waals surface area contributed by atoms with Crippen molar-refractivity contribution >= 4 is 5.91 Å². The summed E-state index contributed by atoms with van der Waals surface area (Å²) in [5.41, 5.74) is 4.20. The number of carbonyl (C=O) groups excluding carboxylic acids is 1. The summed E-state index contributed by atoms with van der Waals surface area (Å²) in [5.74, 6) is 1.03. The molecule has 1 amide bonds. The Labute approximate surface area is 171 Å². The lowest BCUT2D eigenvalue weighted by molar-refractivity contribution is -0.132. The van der Waals surface area contributed by atoms with Crippen molar-refractivity contribution in [3.8, 4) is 16.9 Å². The molecule has 1 fully saturated rings. The first-order chi connectivity index (χ1) is 14.1. The quantitative estimate of drug-likeness (QED) is 0.643. The number of amides is 1. The predicted molar refractivity (Wildman–Crippen MR) is 111 cm³/mol. The number of nitrogens with zero attached hydrogens (tertiary/aromatic N) is 4. The zero-order chi connectivity index (χ0) is 20.2. The third-order valence-electron chi connectivity index (χ3n) is 5.53. The summed E-state index contributed by atoms with van der Waals surface area (Å²) in [6, 6.07) is 12.1. The molecule has 3 heterocycles. The fourth-order valence-corrected chi connectivity index (χ4v) is 3.90. The SMILES string of the molecule is COc1ccc(CCC(=O)N2CCC[C@H]2c2ccc(-c3cnn(C)c3)cn2)cc1. The number of benzene rings is 1. The summed E-state index contributed by atoms with van der Waals surface area (Å²) < 4.78 is 6.97. The Morgan fingerprint density at radius 1 is 1.14 bits per heavy atom. The average Bonchev–Trinajstić information content (AvgIpc) is 3.42. The van der Waals surface area contributed by atoms with Crippen LogP contribution in [-0.2, 0) is 18.3 Å². The standard InChI is InChI=1S/C23H26N4O2/c1-26-16-19(15-25-26)18-8-11-21(24-14-18)22-4-3-13-27(22)23(28)12-7-17-5-9-20(29-2)10-6-17/h5-6,8-11,14-16,22H,3-4,7,12-13H2,1-2H3/t22-/m0/s1. The summed E-state index contributed by atoms with van der Waals surface area (Å²) in [7, 11) is 3.56. The summed E-state index contributed by atoms with van der Waals surface area (Å²) >= 11 is 0. The van der Waals surface area contributed by atoms with E-state index in [-0.39, 0.29) is 11.9 Å². The number of aromatic nitrogens is 3. The minimum atomic E-state index is 0.0707. The van der Waals surface area contributed by atoms with Gasteiger partial charge in [0.05, 0.1) is 25.0 Å². The van der Waals surface area contributed by atoms with Crippen molar-refractivity contribution in [1.29, 1.82) is 0 Å². The number of rotatable bonds is 6. The molecule has 0 unspecified atom stereocenters. The zero-order valence-electron chi connectivity index (χ0n) is 16.9. The first-order valence-corrected chi connectivity index (χ1v) is 10.0. The Balaban J connectivity index is 1.40. The average molecular weight is 390 g/mol. The fourth-order valence-electron chi connectivity index (χ4n) is 3.90. The van der Waals surface area contributed by atoms with Crippen LogP contribution in [0.1, 0.15) is 36.6 Å². The molecule has 1 atom stereocenters. The molecule has 6 nitrogen and oxygen atoms in total. The van der Waals surface area contributed by atoms with Gasteiger partial charge >= 0.3 is 0 Å². The van der Waals surface area contributed by atoms with Crippen LogP contribution in [0.5, 0.6) is 5.75 Å². The molecule has 0 bridgehead atoms. The van der Waals surface area contributed by atoms with E-state index < -0.39 is 0 Å². The number of aryl methyl sites for hydroxylation is 2. The first-order valence-electron chi connectivity index (χ1n) is 10.0. The van der Waals surface area contributed by atoms with Crippen LogP contribution < -0.4 is 4.74 Å². The van der Waals surface area contributed by atoms with E-state index in [9.17, 15) is 4.79 Å². The Morgan fingerprint density at radius 2 is 1.97 bits per heavy atom. The number of methoxy groups -OCH3 is 1. The van der Waals surface area contributed by atoms with Gasteiger partial charge in [-0.05, 0) is 43.0 Å². The maximum absolute atomic E-state index is 12.9. The van der Waals surface area contributed by atoms with Gasteiger partial charge in [-0.25, -0.2) is 0 Å². The van der Waals surface area contributed by atoms with Crippen LogP contribution in [0.25, 0.3) is 11.1 Å². The van der Waals surface area contributed by atoms with Crippen molar-refractivity contribution < 1.29 is 9.53 Å². The molecule has 29 heavy (non-hydrogen) atoms. The highest BCUT2D eigenvalue weighted by molar-refractivity contribution is 5.77. The van der Waals surface area contributed by atoms with Gasteiger partial charge in [-0.1, -0.05) is 18.2 Å². The summed E-state index contributed by atoms with van der Waals surface area (Å²) in [5, 5.41) is 4.21. The van der Waals surface area contributed by atoms with Gasteiger partial charge in [0.2, 0.25) is 5.91 Å². The van der Waals surface area contributed by atoms with Crippen LogP contribution in [0.3, 0.4) is 0 Å². The molecule has 3 aromatic rings. The first kappa shape index (κ1) is 19.2. The van der Waals surface area contributed by atoms with Crippen molar-refractivity contribution in [2.75, 3.05) is 13.7 Å². The van der Waals surface area contributed by atoms with E-state index in [1.807, 2.05) is 60.9 Å². The van der Waals surface area contributed by atoms with Crippen molar-refractivity contribution in [3.05, 3.63) is 66.2 Å². The minimum Gasteiger partial charge on any atom is -0.497 e. The predicted octanol–water partition coefficient (Wildman–Crippen LogP) is 3.79. The number of ether oxygens (including phenoxy) is 1. The van der Waals surface area contributed by atoms with Gasteiger partial charge in [-0.15, -0.1) is 0 Å². The second-order valence-corrected chi connectivity index (χ2v) is 7.47. The monoisotopic (exact) mass is 390 g/mol. The molecule has 0 radical (unpaired) electrons. The topological polar surface area (TPSA) is 60.2 Å². The fraction of sp³-hybridized carbons (Fsp3) is 0.348. The minimum absolute atomic E-state index is 0.0707. The van der Waals surface area contributed by atoms with E-state index in [2.05, 4.69) is 16.1 Å². The summed E-state index contributed by atoms with van der Waals surface area (Å²) in [6.07, 6.45) is 8.92. The van der Waals surface area contributed by atoms with Crippen LogP contribution in [0, 0.1) is 0 Å². The van der Waals surface area contributed by atoms with Crippen LogP contribution in [0.15, 0.2) is 55.0 Å². The van der Waals surface area contributed by atoms with E-state index in [1.54, 1.807) is 11.8 Å². The van der Waals surface area contributed by atoms with Crippen LogP contribution in [0.2, 0.25) is 0 Å². The molecule has 6 heteroatoms. The molecule has 0 spiro atoms. The van der Waals surface area contributed by atoms with Gasteiger partial charge < -0.3 is 9.64 Å². The van der Waals surface area contributed by atoms with Gasteiger partial charge in [0.25, 0.3) is 0 Å². The lowest BCUT2D eigenvalue weighted by Crippen LogP contribution is -2.31. The maximum Gasteiger partial charge on any atom is 0.223 e. The molecule has 0 aliphatic carbocycles. The highest BCUT2D eigenvalue weighted by Crippen LogP contribution is 2.32. The Bertz CT molecular complexity index is 963. The van der Waals surface area contributed by atoms with E-state index >= 15 is 0 Å². The maximum atomic E-state index is 12.9. The largest absolute Gasteiger partial charge is 0.497 e. The Kier molecular flexibility index (Phi) is 5.60. The lowest BCUT2D eigenvalue weighted by atomic mass is 10.1. The molecule has 150 valence electrons. The molecule has 0 saturated carbocycles. The Morgan fingerprint density at radius 3 is 2.62 bits per heavy atom. The van der Waals surface area contributed by atoms with Gasteiger partial charge in [0.1, 0.15) is 5.75 Å². The molecule has 4 rings (SSSR count). The zero-order valence-corrected chi connectivity index (χ0v) is 16.9. The van der Waals surface area contributed by atoms with Gasteiger partial charge in [0, 0.05) is 43.5 Å². The molecule has 0 N–H and O–H groups in total. The molecule has 1 aromatic carbocycles. The van der Waals surface area contributed by atoms with Crippen LogP contribution in [0.4, 0.5) is 0 Å². The number of carbonyl (C=O) groups is 1. The van der Waals surface area contributed by atoms with Crippen molar-refractivity contribution in [2.45, 2.75) is 31.7 Å². The molecular formula is C23H26N4O2. The molecular weight excluding hydrogens is 364 g/mol. The Hall–Kier alpha value is -3.15. The second-order valence-electron chi connectivity index (χ2n) is 7.47. The molecule has 1 aliphatic rings. The normalized spacial score (nSPS) is 16.2. The number of pyridine rings is 1. The van der Waals surface area contributed by atoms with E-state index in [4.69, 9.17) is 4.74 Å². The van der Waals surface area contributed by atoms with E-state index in [0.717, 1.165) is 53.9 Å². The van der Waals surface area contributed by atoms with Crippen LogP contribution in [-0.4, -0.2) is 39.2 Å².